The highest BCUT2D eigenvalue weighted by atomic mass is 16.2. The summed E-state index contributed by atoms with van der Waals surface area (Å²) >= 11 is 0. The van der Waals surface area contributed by atoms with Crippen LogP contribution in [0, 0.1) is 0 Å². The number of rotatable bonds is 4. The smallest absolute Gasteiger partial charge is 0.334 e. The van der Waals surface area contributed by atoms with E-state index in [2.05, 4.69) is 5.32 Å². The summed E-state index contributed by atoms with van der Waals surface area (Å²) in [4.78, 5) is 44.1. The van der Waals surface area contributed by atoms with Crippen LogP contribution in [0.1, 0.15) is 42.9 Å². The van der Waals surface area contributed by atoms with Gasteiger partial charge in [0.25, 0.3) is 0 Å². The highest BCUT2D eigenvalue weighted by Gasteiger charge is 2.52. The predicted octanol–water partition coefficient (Wildman–Crippen LogP) is 2.74. The Kier molecular flexibility index (Phi) is 6.24. The van der Waals surface area contributed by atoms with Crippen molar-refractivity contribution in [3.63, 3.8) is 0 Å². The molecule has 0 bridgehead atoms. The van der Waals surface area contributed by atoms with E-state index in [0.717, 1.165) is 36.8 Å². The summed E-state index contributed by atoms with van der Waals surface area (Å²) < 4.78 is 0. The number of carbonyl (C=O) groups excluding carboxylic acids is 3. The number of nitrogens with zero attached hydrogens (tertiary/aromatic N) is 4. The summed E-state index contributed by atoms with van der Waals surface area (Å²) in [6.07, 6.45) is 3.55. The van der Waals surface area contributed by atoms with Gasteiger partial charge in [-0.2, -0.15) is 0 Å². The highest BCUT2D eigenvalue weighted by Crippen LogP contribution is 2.37. The molecular formula is C26H31N5O3. The average molecular weight is 462 g/mol. The summed E-state index contributed by atoms with van der Waals surface area (Å²) in [7, 11) is 1.76. The number of benzene rings is 2. The van der Waals surface area contributed by atoms with Gasteiger partial charge in [-0.05, 0) is 24.0 Å². The fourth-order valence-electron chi connectivity index (χ4n) is 5.52. The number of amides is 4. The molecule has 2 saturated heterocycles. The molecule has 2 aromatic rings. The Morgan fingerprint density at radius 2 is 1.62 bits per heavy atom. The second-order valence-electron chi connectivity index (χ2n) is 9.33. The molecule has 3 fully saturated rings. The Bertz CT molecular complexity index is 1040. The molecule has 2 aliphatic heterocycles. The number of likely N-dealkylation sites (N-methyl/N-ethyl adjacent to an activating group) is 1. The molecule has 8 heteroatoms. The Balaban J connectivity index is 1.47. The number of piperazine rings is 1. The summed E-state index contributed by atoms with van der Waals surface area (Å²) in [5, 5.41) is 6.30. The molecule has 2 atom stereocenters. The Morgan fingerprint density at radius 3 is 2.29 bits per heavy atom. The molecule has 178 valence electrons. The number of hydrazine groups is 1. The molecule has 0 unspecified atom stereocenters. The second-order valence-corrected chi connectivity index (χ2v) is 9.33. The van der Waals surface area contributed by atoms with E-state index < -0.39 is 12.2 Å². The van der Waals surface area contributed by atoms with Gasteiger partial charge in [-0.1, -0.05) is 73.5 Å². The lowest BCUT2D eigenvalue weighted by atomic mass is 9.97. The first-order valence-corrected chi connectivity index (χ1v) is 12.0. The molecule has 4 amide bonds. The monoisotopic (exact) mass is 461 g/mol. The third-order valence-electron chi connectivity index (χ3n) is 7.15. The number of fused-ring (bicyclic) bond motifs is 1. The van der Waals surface area contributed by atoms with Gasteiger partial charge in [-0.25, -0.2) is 14.8 Å². The van der Waals surface area contributed by atoms with E-state index in [1.165, 1.54) is 0 Å². The van der Waals surface area contributed by atoms with Gasteiger partial charge in [0.1, 0.15) is 12.2 Å². The summed E-state index contributed by atoms with van der Waals surface area (Å²) in [6, 6.07) is 18.3. The normalized spacial score (nSPS) is 23.9. The van der Waals surface area contributed by atoms with Crippen LogP contribution < -0.4 is 5.32 Å². The minimum atomic E-state index is -0.730. The number of urea groups is 1. The Hall–Kier alpha value is -3.39. The maximum Gasteiger partial charge on any atom is 0.334 e. The minimum absolute atomic E-state index is 0.0370. The Morgan fingerprint density at radius 1 is 0.971 bits per heavy atom. The maximum absolute atomic E-state index is 13.8. The van der Waals surface area contributed by atoms with Gasteiger partial charge in [-0.15, -0.1) is 0 Å². The van der Waals surface area contributed by atoms with Crippen LogP contribution >= 0.6 is 0 Å². The summed E-state index contributed by atoms with van der Waals surface area (Å²) in [6.45, 7) is 0.745. The SMILES string of the molecule is CN1CC(=O)N2[C@@H](c3ccccc3)C(=O)N(C3CCCC3)C[C@@H]2N1C(=O)NCc1ccccc1. The van der Waals surface area contributed by atoms with Crippen LogP contribution in [0.3, 0.4) is 0 Å². The van der Waals surface area contributed by atoms with Crippen LogP contribution in [0.4, 0.5) is 4.79 Å². The van der Waals surface area contributed by atoms with Crippen LogP contribution in [0.5, 0.6) is 0 Å². The molecule has 0 aromatic heterocycles. The fourth-order valence-corrected chi connectivity index (χ4v) is 5.52. The minimum Gasteiger partial charge on any atom is -0.334 e. The standard InChI is InChI=1S/C26H31N5O3/c1-28-18-23(32)30-22(31(28)26(34)27-16-19-10-4-2-5-11-19)17-29(21-14-8-9-15-21)25(33)24(30)20-12-6-3-7-13-20/h2-7,10-13,21-22,24H,8-9,14-18H2,1H3,(H,27,34)/t22-,24-/m0/s1. The van der Waals surface area contributed by atoms with Gasteiger partial charge in [0.15, 0.2) is 0 Å². The summed E-state index contributed by atoms with van der Waals surface area (Å²) in [5.41, 5.74) is 1.78. The molecule has 0 spiro atoms. The summed E-state index contributed by atoms with van der Waals surface area (Å²) in [5.74, 6) is -0.190. The van der Waals surface area contributed by atoms with Crippen molar-refractivity contribution < 1.29 is 14.4 Å². The van der Waals surface area contributed by atoms with E-state index in [4.69, 9.17) is 0 Å². The van der Waals surface area contributed by atoms with Crippen molar-refractivity contribution in [1.82, 2.24) is 25.1 Å². The third kappa shape index (κ3) is 4.14. The van der Waals surface area contributed by atoms with Crippen LogP contribution in [0.25, 0.3) is 0 Å². The zero-order valence-corrected chi connectivity index (χ0v) is 19.5. The topological polar surface area (TPSA) is 76.2 Å². The van der Waals surface area contributed by atoms with Crippen LogP contribution in [-0.2, 0) is 16.1 Å². The lowest BCUT2D eigenvalue weighted by Gasteiger charge is -2.55. The van der Waals surface area contributed by atoms with Crippen molar-refractivity contribution in [3.05, 3.63) is 71.8 Å². The fraction of sp³-hybridized carbons (Fsp3) is 0.423. The lowest BCUT2D eigenvalue weighted by molar-refractivity contribution is -0.189. The van der Waals surface area contributed by atoms with E-state index in [9.17, 15) is 14.4 Å². The van der Waals surface area contributed by atoms with Crippen molar-refractivity contribution >= 4 is 17.8 Å². The highest BCUT2D eigenvalue weighted by molar-refractivity contribution is 5.92. The van der Waals surface area contributed by atoms with Crippen molar-refractivity contribution in [2.24, 2.45) is 0 Å². The Labute approximate surface area is 200 Å². The number of nitrogens with one attached hydrogen (secondary N) is 1. The van der Waals surface area contributed by atoms with Gasteiger partial charge in [-0.3, -0.25) is 9.59 Å². The van der Waals surface area contributed by atoms with E-state index in [1.54, 1.807) is 22.0 Å². The molecule has 5 rings (SSSR count). The van der Waals surface area contributed by atoms with Crippen molar-refractivity contribution in [3.8, 4) is 0 Å². The van der Waals surface area contributed by atoms with Gasteiger partial charge >= 0.3 is 6.03 Å². The molecule has 34 heavy (non-hydrogen) atoms. The molecule has 2 aromatic carbocycles. The van der Waals surface area contributed by atoms with Crippen molar-refractivity contribution in [1.29, 1.82) is 0 Å². The van der Waals surface area contributed by atoms with E-state index in [0.29, 0.717) is 13.1 Å². The van der Waals surface area contributed by atoms with E-state index >= 15 is 0 Å². The largest absolute Gasteiger partial charge is 0.334 e. The quantitative estimate of drug-likeness (QED) is 0.760. The molecule has 1 aliphatic carbocycles. The molecule has 1 saturated carbocycles. The van der Waals surface area contributed by atoms with Crippen molar-refractivity contribution in [2.75, 3.05) is 20.1 Å². The average Bonchev–Trinajstić information content (AvgIpc) is 3.38. The number of carbonyl (C=O) groups is 3. The first-order valence-electron chi connectivity index (χ1n) is 12.0. The maximum atomic E-state index is 13.8. The van der Waals surface area contributed by atoms with E-state index in [1.807, 2.05) is 65.6 Å². The van der Waals surface area contributed by atoms with Crippen LogP contribution in [-0.4, -0.2) is 70.0 Å². The van der Waals surface area contributed by atoms with Gasteiger partial charge in [0.2, 0.25) is 11.8 Å². The molecular weight excluding hydrogens is 430 g/mol. The van der Waals surface area contributed by atoms with Gasteiger partial charge in [0.05, 0.1) is 13.1 Å². The van der Waals surface area contributed by atoms with Crippen molar-refractivity contribution in [2.45, 2.75) is 50.5 Å². The lowest BCUT2D eigenvalue weighted by Crippen LogP contribution is -2.74. The third-order valence-corrected chi connectivity index (χ3v) is 7.15. The number of hydrogen-bond donors (Lipinski definition) is 1. The molecule has 3 aliphatic rings. The van der Waals surface area contributed by atoms with Crippen LogP contribution in [0.2, 0.25) is 0 Å². The zero-order valence-electron chi connectivity index (χ0n) is 19.5. The molecule has 0 radical (unpaired) electrons. The van der Waals surface area contributed by atoms with Gasteiger partial charge < -0.3 is 15.1 Å². The second kappa shape index (κ2) is 9.46. The predicted molar refractivity (Wildman–Crippen MR) is 127 cm³/mol. The van der Waals surface area contributed by atoms with E-state index in [-0.39, 0.29) is 30.4 Å². The molecule has 2 heterocycles. The zero-order chi connectivity index (χ0) is 23.7. The van der Waals surface area contributed by atoms with Crippen LogP contribution in [0.15, 0.2) is 60.7 Å². The van der Waals surface area contributed by atoms with Gasteiger partial charge in [0, 0.05) is 19.6 Å². The first-order chi connectivity index (χ1) is 16.5. The molecule has 1 N–H and O–H groups in total. The molecule has 8 nitrogen and oxygen atoms in total. The number of hydrogen-bond acceptors (Lipinski definition) is 4. The first kappa shape index (κ1) is 22.4.